The van der Waals surface area contributed by atoms with Crippen molar-refractivity contribution in [2.75, 3.05) is 58.4 Å². The van der Waals surface area contributed by atoms with Gasteiger partial charge in [0.05, 0.1) is 20.3 Å². The van der Waals surface area contributed by atoms with Gasteiger partial charge in [0.2, 0.25) is 0 Å². The summed E-state index contributed by atoms with van der Waals surface area (Å²) in [6.45, 7) is 8.25. The summed E-state index contributed by atoms with van der Waals surface area (Å²) < 4.78 is 11.1. The van der Waals surface area contributed by atoms with E-state index in [4.69, 9.17) is 9.47 Å². The number of hydrogen-bond donors (Lipinski definition) is 1. The zero-order chi connectivity index (χ0) is 28.8. The lowest BCUT2D eigenvalue weighted by atomic mass is 9.99. The van der Waals surface area contributed by atoms with Crippen molar-refractivity contribution >= 4 is 17.5 Å². The van der Waals surface area contributed by atoms with Gasteiger partial charge in [-0.15, -0.1) is 0 Å². The molecule has 0 unspecified atom stereocenters. The number of aromatic nitrogens is 1. The van der Waals surface area contributed by atoms with Gasteiger partial charge in [-0.2, -0.15) is 0 Å². The van der Waals surface area contributed by atoms with E-state index in [1.165, 1.54) is 0 Å². The monoisotopic (exact) mass is 557 g/mol. The van der Waals surface area contributed by atoms with Crippen molar-refractivity contribution in [1.29, 1.82) is 0 Å². The lowest BCUT2D eigenvalue weighted by Crippen LogP contribution is -2.46. The molecule has 5 rings (SSSR count). The first-order chi connectivity index (χ1) is 20.0. The van der Waals surface area contributed by atoms with Gasteiger partial charge in [0, 0.05) is 74.0 Å². The molecular formula is C32H39N5O4. The lowest BCUT2D eigenvalue weighted by Gasteiger charge is -2.36. The number of benzene rings is 2. The maximum absolute atomic E-state index is 13.9. The molecule has 2 aliphatic heterocycles. The summed E-state index contributed by atoms with van der Waals surface area (Å²) in [6.07, 6.45) is 4.59. The fraction of sp³-hybridized carbons (Fsp3) is 0.406. The number of anilines is 1. The van der Waals surface area contributed by atoms with Crippen LogP contribution in [0.25, 0.3) is 0 Å². The minimum absolute atomic E-state index is 0.0367. The second-order valence-electron chi connectivity index (χ2n) is 10.4. The SMILES string of the molecule is CCN1CCN(c2cccc3c2CN([C@H](CCCNC(=O)c2ccncc2)c2ccc(OC)c(OC)c2)C3=O)CC1. The van der Waals surface area contributed by atoms with Crippen LogP contribution in [0, 0.1) is 0 Å². The Labute approximate surface area is 242 Å². The molecule has 41 heavy (non-hydrogen) atoms. The topological polar surface area (TPSA) is 87.2 Å². The highest BCUT2D eigenvalue weighted by molar-refractivity contribution is 6.00. The first-order valence-electron chi connectivity index (χ1n) is 14.3. The van der Waals surface area contributed by atoms with Crippen molar-refractivity contribution in [3.63, 3.8) is 0 Å². The van der Waals surface area contributed by atoms with Gasteiger partial charge in [-0.05, 0) is 61.3 Å². The van der Waals surface area contributed by atoms with Crippen molar-refractivity contribution in [2.24, 2.45) is 0 Å². The molecule has 9 heteroatoms. The van der Waals surface area contributed by atoms with Crippen molar-refractivity contribution < 1.29 is 19.1 Å². The van der Waals surface area contributed by atoms with Crippen LogP contribution in [0.3, 0.4) is 0 Å². The summed E-state index contributed by atoms with van der Waals surface area (Å²) in [7, 11) is 3.23. The lowest BCUT2D eigenvalue weighted by molar-refractivity contribution is 0.0687. The molecule has 2 amide bonds. The van der Waals surface area contributed by atoms with Gasteiger partial charge in [-0.3, -0.25) is 14.6 Å². The van der Waals surface area contributed by atoms with E-state index in [-0.39, 0.29) is 17.9 Å². The second-order valence-corrected chi connectivity index (χ2v) is 10.4. The van der Waals surface area contributed by atoms with Crippen molar-refractivity contribution in [3.8, 4) is 11.5 Å². The third kappa shape index (κ3) is 6.15. The molecule has 1 atom stereocenters. The van der Waals surface area contributed by atoms with E-state index in [0.29, 0.717) is 43.0 Å². The summed E-state index contributed by atoms with van der Waals surface area (Å²) >= 11 is 0. The molecule has 1 fully saturated rings. The minimum Gasteiger partial charge on any atom is -0.493 e. The van der Waals surface area contributed by atoms with Gasteiger partial charge in [-0.25, -0.2) is 0 Å². The number of hydrogen-bond acceptors (Lipinski definition) is 7. The summed E-state index contributed by atoms with van der Waals surface area (Å²) in [5.74, 6) is 1.17. The molecule has 0 radical (unpaired) electrons. The third-order valence-electron chi connectivity index (χ3n) is 8.18. The van der Waals surface area contributed by atoms with E-state index >= 15 is 0 Å². The molecule has 0 spiro atoms. The van der Waals surface area contributed by atoms with Crippen LogP contribution in [0.2, 0.25) is 0 Å². The number of carbonyl (C=O) groups excluding carboxylic acids is 2. The maximum Gasteiger partial charge on any atom is 0.255 e. The van der Waals surface area contributed by atoms with Crippen molar-refractivity contribution in [2.45, 2.75) is 32.4 Å². The van der Waals surface area contributed by atoms with Gasteiger partial charge in [-0.1, -0.05) is 19.1 Å². The maximum atomic E-state index is 13.9. The Morgan fingerprint density at radius 2 is 1.76 bits per heavy atom. The molecule has 9 nitrogen and oxygen atoms in total. The van der Waals surface area contributed by atoms with Crippen LogP contribution < -0.4 is 19.7 Å². The molecule has 216 valence electrons. The number of carbonyl (C=O) groups is 2. The standard InChI is InChI=1S/C32H39N5O4/c1-4-35-17-19-36(20-18-35)28-8-5-7-25-26(28)22-37(32(25)39)27(24-10-11-29(40-2)30(21-24)41-3)9-6-14-34-31(38)23-12-15-33-16-13-23/h5,7-8,10-13,15-16,21,27H,4,6,9,14,17-20,22H2,1-3H3,(H,34,38)/t27-/m1/s1. The van der Waals surface area contributed by atoms with Crippen LogP contribution in [-0.4, -0.2) is 80.1 Å². The predicted molar refractivity (Wildman–Crippen MR) is 159 cm³/mol. The summed E-state index contributed by atoms with van der Waals surface area (Å²) in [5.41, 5.74) is 4.58. The summed E-state index contributed by atoms with van der Waals surface area (Å²) in [5, 5.41) is 3.00. The molecule has 2 aliphatic rings. The van der Waals surface area contributed by atoms with E-state index < -0.39 is 0 Å². The highest BCUT2D eigenvalue weighted by Gasteiger charge is 2.36. The van der Waals surface area contributed by atoms with E-state index in [9.17, 15) is 9.59 Å². The molecule has 0 bridgehead atoms. The number of nitrogens with one attached hydrogen (secondary N) is 1. The normalized spacial score (nSPS) is 15.9. The number of amides is 2. The Hall–Kier alpha value is -4.11. The number of nitrogens with zero attached hydrogens (tertiary/aromatic N) is 4. The minimum atomic E-state index is -0.197. The molecule has 3 aromatic rings. The Morgan fingerprint density at radius 3 is 2.46 bits per heavy atom. The van der Waals surface area contributed by atoms with Gasteiger partial charge in [0.15, 0.2) is 11.5 Å². The fourth-order valence-electron chi connectivity index (χ4n) is 5.86. The molecule has 1 N–H and O–H groups in total. The third-order valence-corrected chi connectivity index (χ3v) is 8.18. The van der Waals surface area contributed by atoms with Gasteiger partial charge >= 0.3 is 0 Å². The zero-order valence-corrected chi connectivity index (χ0v) is 24.1. The molecule has 0 saturated carbocycles. The molecule has 2 aromatic carbocycles. The van der Waals surface area contributed by atoms with Crippen LogP contribution in [0.1, 0.15) is 57.7 Å². The molecule has 0 aliphatic carbocycles. The van der Waals surface area contributed by atoms with Crippen molar-refractivity contribution in [3.05, 3.63) is 83.2 Å². The molecule has 1 aromatic heterocycles. The number of piperazine rings is 1. The Balaban J connectivity index is 1.37. The quantitative estimate of drug-likeness (QED) is 0.355. The van der Waals surface area contributed by atoms with Gasteiger partial charge < -0.3 is 29.5 Å². The number of ether oxygens (including phenoxy) is 2. The molecular weight excluding hydrogens is 518 g/mol. The van der Waals surface area contributed by atoms with Crippen LogP contribution in [0.15, 0.2) is 60.9 Å². The van der Waals surface area contributed by atoms with E-state index in [0.717, 1.165) is 55.1 Å². The number of pyridine rings is 1. The Bertz CT molecular complexity index is 1360. The average molecular weight is 558 g/mol. The second kappa shape index (κ2) is 13.0. The largest absolute Gasteiger partial charge is 0.493 e. The highest BCUT2D eigenvalue weighted by Crippen LogP contribution is 2.40. The fourth-order valence-corrected chi connectivity index (χ4v) is 5.86. The predicted octanol–water partition coefficient (Wildman–Crippen LogP) is 4.15. The van der Waals surface area contributed by atoms with Gasteiger partial charge in [0.1, 0.15) is 0 Å². The molecule has 3 heterocycles. The van der Waals surface area contributed by atoms with Crippen LogP contribution in [0.4, 0.5) is 5.69 Å². The van der Waals surface area contributed by atoms with E-state index in [1.807, 2.05) is 35.2 Å². The molecule has 1 saturated heterocycles. The highest BCUT2D eigenvalue weighted by atomic mass is 16.5. The van der Waals surface area contributed by atoms with Crippen molar-refractivity contribution in [1.82, 2.24) is 20.1 Å². The Morgan fingerprint density at radius 1 is 1.00 bits per heavy atom. The average Bonchev–Trinajstić information content (AvgIpc) is 3.37. The summed E-state index contributed by atoms with van der Waals surface area (Å²) in [6, 6.07) is 15.1. The number of fused-ring (bicyclic) bond motifs is 1. The van der Waals surface area contributed by atoms with E-state index in [1.54, 1.807) is 38.7 Å². The van der Waals surface area contributed by atoms with E-state index in [2.05, 4.69) is 33.1 Å². The van der Waals surface area contributed by atoms with Gasteiger partial charge in [0.25, 0.3) is 11.8 Å². The first-order valence-corrected chi connectivity index (χ1v) is 14.3. The summed E-state index contributed by atoms with van der Waals surface area (Å²) in [4.78, 5) is 37.3. The number of methoxy groups -OCH3 is 2. The smallest absolute Gasteiger partial charge is 0.255 e. The van der Waals surface area contributed by atoms with Crippen LogP contribution >= 0.6 is 0 Å². The number of likely N-dealkylation sites (N-methyl/N-ethyl adjacent to an activating group) is 1. The zero-order valence-electron chi connectivity index (χ0n) is 24.1. The Kier molecular flexibility index (Phi) is 9.04. The van der Waals surface area contributed by atoms with Crippen LogP contribution in [-0.2, 0) is 6.54 Å². The number of rotatable bonds is 11. The van der Waals surface area contributed by atoms with Crippen LogP contribution in [0.5, 0.6) is 11.5 Å². The first kappa shape index (κ1) is 28.4.